The number of benzene rings is 1. The Morgan fingerprint density at radius 1 is 1.38 bits per heavy atom. The molecule has 1 aromatic carbocycles. The van der Waals surface area contributed by atoms with Crippen molar-refractivity contribution in [2.45, 2.75) is 52.9 Å². The molecule has 0 aromatic heterocycles. The molecule has 1 aliphatic rings. The van der Waals surface area contributed by atoms with Crippen molar-refractivity contribution in [1.82, 2.24) is 0 Å². The molecule has 0 unspecified atom stereocenters. The van der Waals surface area contributed by atoms with E-state index in [2.05, 4.69) is 35.1 Å². The van der Waals surface area contributed by atoms with E-state index in [0.29, 0.717) is 16.1 Å². The normalized spacial score (nSPS) is 17.2. The molecule has 2 nitrogen and oxygen atoms in total. The highest BCUT2D eigenvalue weighted by Gasteiger charge is 2.41. The van der Waals surface area contributed by atoms with Gasteiger partial charge in [0.25, 0.3) is 0 Å². The van der Waals surface area contributed by atoms with Gasteiger partial charge in [-0.25, -0.2) is 4.39 Å². The molecule has 0 heterocycles. The first-order valence-electron chi connectivity index (χ1n) is 7.61. The third kappa shape index (κ3) is 3.65. The first-order valence-corrected chi connectivity index (χ1v) is 8.40. The summed E-state index contributed by atoms with van der Waals surface area (Å²) in [5.74, 6) is 0.286. The van der Waals surface area contributed by atoms with E-state index in [-0.39, 0.29) is 17.1 Å². The van der Waals surface area contributed by atoms with Gasteiger partial charge >= 0.3 is 0 Å². The first kappa shape index (κ1) is 16.5. The van der Waals surface area contributed by atoms with Crippen LogP contribution in [0.3, 0.4) is 0 Å². The zero-order chi connectivity index (χ0) is 15.6. The third-order valence-corrected chi connectivity index (χ3v) is 4.96. The molecule has 116 valence electrons. The lowest BCUT2D eigenvalue weighted by Gasteiger charge is -2.29. The van der Waals surface area contributed by atoms with Crippen molar-refractivity contribution >= 4 is 27.5 Å². The van der Waals surface area contributed by atoms with Crippen LogP contribution in [0.2, 0.25) is 0 Å². The molecule has 0 saturated heterocycles. The smallest absolute Gasteiger partial charge is 0.230 e. The van der Waals surface area contributed by atoms with Gasteiger partial charge in [-0.05, 0) is 65.7 Å². The zero-order valence-corrected chi connectivity index (χ0v) is 14.5. The molecule has 2 rings (SSSR count). The summed E-state index contributed by atoms with van der Waals surface area (Å²) in [4.78, 5) is 12.8. The van der Waals surface area contributed by atoms with E-state index in [4.69, 9.17) is 0 Å². The molecule has 0 bridgehead atoms. The Kier molecular flexibility index (Phi) is 5.07. The predicted molar refractivity (Wildman–Crippen MR) is 87.8 cm³/mol. The number of aryl methyl sites for hydroxylation is 1. The average Bonchev–Trinajstić information content (AvgIpc) is 2.84. The van der Waals surface area contributed by atoms with Gasteiger partial charge in [0.2, 0.25) is 5.91 Å². The molecule has 1 aromatic rings. The van der Waals surface area contributed by atoms with E-state index in [9.17, 15) is 9.18 Å². The second-order valence-electron chi connectivity index (χ2n) is 6.62. The van der Waals surface area contributed by atoms with Crippen LogP contribution in [0.1, 0.15) is 51.5 Å². The number of amides is 1. The Morgan fingerprint density at radius 2 is 2.00 bits per heavy atom. The summed E-state index contributed by atoms with van der Waals surface area (Å²) in [6.45, 7) is 6.13. The fourth-order valence-corrected chi connectivity index (χ4v) is 3.74. The van der Waals surface area contributed by atoms with Gasteiger partial charge in [0.1, 0.15) is 5.82 Å². The number of rotatable bonds is 4. The van der Waals surface area contributed by atoms with Crippen molar-refractivity contribution in [3.63, 3.8) is 0 Å². The Bertz CT molecular complexity index is 536. The molecular formula is C17H23BrFNO. The maximum absolute atomic E-state index is 13.5. The van der Waals surface area contributed by atoms with Crippen LogP contribution < -0.4 is 5.32 Å². The summed E-state index contributed by atoms with van der Waals surface area (Å²) < 4.78 is 13.9. The molecule has 1 aliphatic carbocycles. The molecule has 0 aliphatic heterocycles. The van der Waals surface area contributed by atoms with Gasteiger partial charge in [0, 0.05) is 11.1 Å². The monoisotopic (exact) mass is 355 g/mol. The van der Waals surface area contributed by atoms with Crippen molar-refractivity contribution in [2.75, 3.05) is 5.32 Å². The minimum absolute atomic E-state index is 0.0929. The number of nitrogens with one attached hydrogen (secondary N) is 1. The van der Waals surface area contributed by atoms with Crippen LogP contribution in [-0.2, 0) is 4.79 Å². The lowest BCUT2D eigenvalue weighted by molar-refractivity contribution is -0.126. The molecule has 1 N–H and O–H groups in total. The number of carbonyl (C=O) groups excluding carboxylic acids is 1. The van der Waals surface area contributed by atoms with Crippen molar-refractivity contribution in [2.24, 2.45) is 11.3 Å². The molecule has 1 fully saturated rings. The second-order valence-corrected chi connectivity index (χ2v) is 7.48. The maximum Gasteiger partial charge on any atom is 0.230 e. The van der Waals surface area contributed by atoms with Crippen LogP contribution >= 0.6 is 15.9 Å². The number of halogens is 2. The highest BCUT2D eigenvalue weighted by molar-refractivity contribution is 9.10. The van der Waals surface area contributed by atoms with Crippen LogP contribution in [-0.4, -0.2) is 5.91 Å². The number of hydrogen-bond acceptors (Lipinski definition) is 1. The van der Waals surface area contributed by atoms with Crippen LogP contribution in [0.5, 0.6) is 0 Å². The van der Waals surface area contributed by atoms with Crippen LogP contribution in [0.4, 0.5) is 10.1 Å². The topological polar surface area (TPSA) is 29.1 Å². The summed E-state index contributed by atoms with van der Waals surface area (Å²) in [6.07, 6.45) is 5.07. The summed E-state index contributed by atoms with van der Waals surface area (Å²) in [5, 5.41) is 3.03. The molecule has 1 saturated carbocycles. The van der Waals surface area contributed by atoms with Gasteiger partial charge in [-0.3, -0.25) is 4.79 Å². The van der Waals surface area contributed by atoms with E-state index in [0.717, 1.165) is 37.7 Å². The Morgan fingerprint density at radius 3 is 2.57 bits per heavy atom. The highest BCUT2D eigenvalue weighted by atomic mass is 79.9. The lowest BCUT2D eigenvalue weighted by Crippen LogP contribution is -2.35. The summed E-state index contributed by atoms with van der Waals surface area (Å²) in [6, 6.07) is 3.10. The average molecular weight is 356 g/mol. The summed E-state index contributed by atoms with van der Waals surface area (Å²) in [5.41, 5.74) is 1.20. The first-order chi connectivity index (χ1) is 9.84. The van der Waals surface area contributed by atoms with Crippen LogP contribution in [0.15, 0.2) is 16.6 Å². The Hall–Kier alpha value is -0.900. The number of anilines is 1. The van der Waals surface area contributed by atoms with Crippen molar-refractivity contribution < 1.29 is 9.18 Å². The fourth-order valence-electron chi connectivity index (χ4n) is 3.39. The highest BCUT2D eigenvalue weighted by Crippen LogP contribution is 2.44. The van der Waals surface area contributed by atoms with Gasteiger partial charge in [0.15, 0.2) is 0 Å². The van der Waals surface area contributed by atoms with Gasteiger partial charge in [-0.2, -0.15) is 0 Å². The molecular weight excluding hydrogens is 333 g/mol. The molecule has 0 atom stereocenters. The van der Waals surface area contributed by atoms with E-state index in [1.807, 2.05) is 6.92 Å². The molecule has 1 amide bonds. The van der Waals surface area contributed by atoms with Gasteiger partial charge in [0.05, 0.1) is 4.47 Å². The van der Waals surface area contributed by atoms with E-state index >= 15 is 0 Å². The fraction of sp³-hybridized carbons (Fsp3) is 0.588. The van der Waals surface area contributed by atoms with Gasteiger partial charge in [-0.15, -0.1) is 0 Å². The third-order valence-electron chi connectivity index (χ3n) is 4.36. The van der Waals surface area contributed by atoms with E-state index in [1.54, 1.807) is 6.07 Å². The lowest BCUT2D eigenvalue weighted by atomic mass is 9.77. The standard InChI is InChI=1S/C17H23BrFNO/c1-11(2)10-17(6-4-5-7-17)16(21)20-15-9-13(18)14(19)8-12(15)3/h8-9,11H,4-7,10H2,1-3H3,(H,20,21). The number of carbonyl (C=O) groups is 1. The van der Waals surface area contributed by atoms with E-state index in [1.165, 1.54) is 6.07 Å². The largest absolute Gasteiger partial charge is 0.325 e. The Labute approximate surface area is 134 Å². The van der Waals surface area contributed by atoms with Crippen molar-refractivity contribution in [1.29, 1.82) is 0 Å². The van der Waals surface area contributed by atoms with Gasteiger partial charge in [-0.1, -0.05) is 26.7 Å². The summed E-state index contributed by atoms with van der Waals surface area (Å²) >= 11 is 3.18. The molecule has 0 spiro atoms. The SMILES string of the molecule is Cc1cc(F)c(Br)cc1NC(=O)C1(CC(C)C)CCCC1. The van der Waals surface area contributed by atoms with Crippen LogP contribution in [0, 0.1) is 24.1 Å². The van der Waals surface area contributed by atoms with Crippen LogP contribution in [0.25, 0.3) is 0 Å². The van der Waals surface area contributed by atoms with Crippen molar-refractivity contribution in [3.8, 4) is 0 Å². The molecule has 21 heavy (non-hydrogen) atoms. The van der Waals surface area contributed by atoms with Crippen molar-refractivity contribution in [3.05, 3.63) is 28.0 Å². The predicted octanol–water partition coefficient (Wildman–Crippen LogP) is 5.44. The summed E-state index contributed by atoms with van der Waals surface area (Å²) in [7, 11) is 0. The second kappa shape index (κ2) is 6.47. The zero-order valence-electron chi connectivity index (χ0n) is 12.9. The van der Waals surface area contributed by atoms with Gasteiger partial charge < -0.3 is 5.32 Å². The molecule has 0 radical (unpaired) electrons. The minimum Gasteiger partial charge on any atom is -0.325 e. The quantitative estimate of drug-likeness (QED) is 0.765. The maximum atomic E-state index is 13.5. The number of hydrogen-bond donors (Lipinski definition) is 1. The molecule has 4 heteroatoms. The Balaban J connectivity index is 2.21. The van der Waals surface area contributed by atoms with E-state index < -0.39 is 0 Å². The minimum atomic E-state index is -0.303.